The molecule has 1 aliphatic rings. The first kappa shape index (κ1) is 15.1. The maximum atomic E-state index is 12.1. The van der Waals surface area contributed by atoms with Gasteiger partial charge in [-0.15, -0.1) is 0 Å². The number of aromatic nitrogens is 2. The third-order valence-electron chi connectivity index (χ3n) is 3.54. The fraction of sp³-hybridized carbons (Fsp3) is 0.312. The summed E-state index contributed by atoms with van der Waals surface area (Å²) in [7, 11) is 2.96. The largest absolute Gasteiger partial charge is 0.481 e. The van der Waals surface area contributed by atoms with Crippen LogP contribution < -0.4 is 14.2 Å². The zero-order chi connectivity index (χ0) is 16.4. The fourth-order valence-corrected chi connectivity index (χ4v) is 2.36. The first-order chi connectivity index (χ1) is 11.1. The molecule has 0 saturated heterocycles. The van der Waals surface area contributed by atoms with Gasteiger partial charge in [-0.2, -0.15) is 9.97 Å². The van der Waals surface area contributed by atoms with E-state index >= 15 is 0 Å². The number of rotatable bonds is 4. The number of ether oxygens (including phenoxy) is 4. The second-order valence-corrected chi connectivity index (χ2v) is 5.06. The van der Waals surface area contributed by atoms with Gasteiger partial charge in [0, 0.05) is 5.92 Å². The summed E-state index contributed by atoms with van der Waals surface area (Å²) in [5.74, 6) is 0.630. The first-order valence-corrected chi connectivity index (χ1v) is 7.07. The fourth-order valence-electron chi connectivity index (χ4n) is 2.36. The molecular weight excluding hydrogens is 300 g/mol. The molecule has 1 unspecified atom stereocenters. The van der Waals surface area contributed by atoms with Gasteiger partial charge in [0.05, 0.1) is 26.9 Å². The Bertz CT molecular complexity index is 725. The molecule has 0 bridgehead atoms. The molecule has 0 N–H and O–H groups in total. The van der Waals surface area contributed by atoms with Crippen molar-refractivity contribution in [3.8, 4) is 23.5 Å². The molecule has 120 valence electrons. The number of hydrogen-bond acceptors (Lipinski definition) is 7. The third-order valence-corrected chi connectivity index (χ3v) is 3.54. The zero-order valence-electron chi connectivity index (χ0n) is 13.0. The molecule has 3 rings (SSSR count). The van der Waals surface area contributed by atoms with Crippen LogP contribution in [0, 0.1) is 0 Å². The smallest absolute Gasteiger partial charge is 0.342 e. The Morgan fingerprint density at radius 2 is 1.87 bits per heavy atom. The van der Waals surface area contributed by atoms with Crippen LogP contribution in [0.3, 0.4) is 0 Å². The molecule has 0 radical (unpaired) electrons. The minimum absolute atomic E-state index is 0.0284. The van der Waals surface area contributed by atoms with Crippen LogP contribution in [-0.4, -0.2) is 36.8 Å². The molecule has 0 aliphatic carbocycles. The van der Waals surface area contributed by atoms with E-state index in [2.05, 4.69) is 9.97 Å². The molecule has 0 saturated carbocycles. The standard InChI is InChI=1S/C16H16N2O5/c1-9-8-22-15(19)14-10(9)5-4-6-11(14)23-16-17-12(20-2)7-13(18-16)21-3/h4-7,9H,8H2,1-3H3. The number of esters is 1. The minimum Gasteiger partial charge on any atom is -0.481 e. The van der Waals surface area contributed by atoms with Crippen LogP contribution >= 0.6 is 0 Å². The van der Waals surface area contributed by atoms with Crippen molar-refractivity contribution in [2.45, 2.75) is 12.8 Å². The highest BCUT2D eigenvalue weighted by Gasteiger charge is 2.28. The van der Waals surface area contributed by atoms with E-state index < -0.39 is 5.97 Å². The lowest BCUT2D eigenvalue weighted by molar-refractivity contribution is 0.0445. The highest BCUT2D eigenvalue weighted by molar-refractivity contribution is 5.95. The van der Waals surface area contributed by atoms with Crippen LogP contribution in [0.1, 0.15) is 28.8 Å². The quantitative estimate of drug-likeness (QED) is 0.802. The summed E-state index contributed by atoms with van der Waals surface area (Å²) in [5, 5.41) is 0. The molecule has 7 nitrogen and oxygen atoms in total. The molecule has 1 aromatic heterocycles. The van der Waals surface area contributed by atoms with E-state index in [1.807, 2.05) is 19.1 Å². The summed E-state index contributed by atoms with van der Waals surface area (Å²) >= 11 is 0. The van der Waals surface area contributed by atoms with Crippen LogP contribution in [0.2, 0.25) is 0 Å². The topological polar surface area (TPSA) is 79.8 Å². The summed E-state index contributed by atoms with van der Waals surface area (Å²) in [6.07, 6.45) is 0. The van der Waals surface area contributed by atoms with Gasteiger partial charge in [0.2, 0.25) is 11.8 Å². The number of carbonyl (C=O) groups excluding carboxylic acids is 1. The van der Waals surface area contributed by atoms with E-state index in [-0.39, 0.29) is 11.9 Å². The second-order valence-electron chi connectivity index (χ2n) is 5.06. The van der Waals surface area contributed by atoms with Crippen molar-refractivity contribution in [2.75, 3.05) is 20.8 Å². The lowest BCUT2D eigenvalue weighted by Crippen LogP contribution is -2.21. The SMILES string of the molecule is COc1cc(OC)nc(Oc2cccc3c2C(=O)OCC3C)n1. The van der Waals surface area contributed by atoms with Crippen molar-refractivity contribution >= 4 is 5.97 Å². The number of methoxy groups -OCH3 is 2. The van der Waals surface area contributed by atoms with E-state index in [0.29, 0.717) is 29.7 Å². The van der Waals surface area contributed by atoms with Gasteiger partial charge in [0.15, 0.2) is 0 Å². The van der Waals surface area contributed by atoms with Crippen molar-refractivity contribution in [2.24, 2.45) is 0 Å². The molecule has 2 aromatic rings. The van der Waals surface area contributed by atoms with E-state index in [1.54, 1.807) is 6.07 Å². The van der Waals surface area contributed by atoms with Crippen LogP contribution in [0.5, 0.6) is 23.5 Å². The van der Waals surface area contributed by atoms with Crippen molar-refractivity contribution in [1.29, 1.82) is 0 Å². The highest BCUT2D eigenvalue weighted by Crippen LogP contribution is 2.35. The third kappa shape index (κ3) is 2.90. The Balaban J connectivity index is 2.01. The van der Waals surface area contributed by atoms with Crippen molar-refractivity contribution in [3.05, 3.63) is 35.4 Å². The predicted molar refractivity (Wildman–Crippen MR) is 80.3 cm³/mol. The summed E-state index contributed by atoms with van der Waals surface area (Å²) in [6, 6.07) is 6.94. The van der Waals surface area contributed by atoms with Gasteiger partial charge in [-0.3, -0.25) is 0 Å². The zero-order valence-corrected chi connectivity index (χ0v) is 13.0. The van der Waals surface area contributed by atoms with E-state index in [0.717, 1.165) is 5.56 Å². The Kier molecular flexibility index (Phi) is 4.01. The van der Waals surface area contributed by atoms with Crippen LogP contribution in [0.4, 0.5) is 0 Å². The van der Waals surface area contributed by atoms with Crippen molar-refractivity contribution in [3.63, 3.8) is 0 Å². The molecule has 1 atom stereocenters. The lowest BCUT2D eigenvalue weighted by atomic mass is 9.93. The number of carbonyl (C=O) groups is 1. The number of cyclic esters (lactones) is 1. The Morgan fingerprint density at radius 1 is 1.17 bits per heavy atom. The number of nitrogens with zero attached hydrogens (tertiary/aromatic N) is 2. The van der Waals surface area contributed by atoms with Crippen molar-refractivity contribution in [1.82, 2.24) is 9.97 Å². The highest BCUT2D eigenvalue weighted by atomic mass is 16.5. The maximum Gasteiger partial charge on any atom is 0.342 e. The molecule has 7 heteroatoms. The van der Waals surface area contributed by atoms with E-state index in [4.69, 9.17) is 18.9 Å². The Morgan fingerprint density at radius 3 is 2.52 bits per heavy atom. The van der Waals surface area contributed by atoms with Gasteiger partial charge in [-0.05, 0) is 11.6 Å². The van der Waals surface area contributed by atoms with Gasteiger partial charge in [-0.1, -0.05) is 19.1 Å². The molecule has 1 aromatic carbocycles. The van der Waals surface area contributed by atoms with Gasteiger partial charge >= 0.3 is 12.0 Å². The van der Waals surface area contributed by atoms with E-state index in [9.17, 15) is 4.79 Å². The van der Waals surface area contributed by atoms with Crippen LogP contribution in [0.15, 0.2) is 24.3 Å². The number of hydrogen-bond donors (Lipinski definition) is 0. The molecule has 1 aliphatic heterocycles. The summed E-state index contributed by atoms with van der Waals surface area (Å²) in [6.45, 7) is 2.35. The van der Waals surface area contributed by atoms with Crippen molar-refractivity contribution < 1.29 is 23.7 Å². The summed E-state index contributed by atoms with van der Waals surface area (Å²) < 4.78 is 21.0. The van der Waals surface area contributed by atoms with Gasteiger partial charge in [-0.25, -0.2) is 4.79 Å². The molecule has 23 heavy (non-hydrogen) atoms. The average Bonchev–Trinajstić information content (AvgIpc) is 2.58. The van der Waals surface area contributed by atoms with Gasteiger partial charge in [0.25, 0.3) is 0 Å². The number of fused-ring (bicyclic) bond motifs is 1. The normalized spacial score (nSPS) is 16.3. The summed E-state index contributed by atoms with van der Waals surface area (Å²) in [5.41, 5.74) is 1.28. The lowest BCUT2D eigenvalue weighted by Gasteiger charge is -2.23. The number of benzene rings is 1. The molecule has 0 amide bonds. The maximum absolute atomic E-state index is 12.1. The minimum atomic E-state index is -0.413. The monoisotopic (exact) mass is 316 g/mol. The van der Waals surface area contributed by atoms with Crippen LogP contribution in [0.25, 0.3) is 0 Å². The molecule has 0 fully saturated rings. The van der Waals surface area contributed by atoms with Gasteiger partial charge in [0.1, 0.15) is 11.3 Å². The first-order valence-electron chi connectivity index (χ1n) is 7.07. The van der Waals surface area contributed by atoms with Gasteiger partial charge < -0.3 is 18.9 Å². The molecule has 0 spiro atoms. The molecular formula is C16H16N2O5. The Labute approximate surface area is 133 Å². The predicted octanol–water partition coefficient (Wildman–Crippen LogP) is 2.56. The second kappa shape index (κ2) is 6.12. The summed E-state index contributed by atoms with van der Waals surface area (Å²) in [4.78, 5) is 20.3. The van der Waals surface area contributed by atoms with Crippen LogP contribution in [-0.2, 0) is 4.74 Å². The van der Waals surface area contributed by atoms with E-state index in [1.165, 1.54) is 20.3 Å². The Hall–Kier alpha value is -2.83. The molecule has 2 heterocycles. The average molecular weight is 316 g/mol.